The number of hydrogen-bond acceptors (Lipinski definition) is 8. The van der Waals surface area contributed by atoms with Gasteiger partial charge in [-0.25, -0.2) is 23.4 Å². The minimum Gasteiger partial charge on any atom is -0.390 e. The van der Waals surface area contributed by atoms with Gasteiger partial charge in [0, 0.05) is 45.7 Å². The molecule has 3 heterocycles. The van der Waals surface area contributed by atoms with E-state index >= 15 is 8.78 Å². The van der Waals surface area contributed by atoms with Crippen LogP contribution in [0.5, 0.6) is 0 Å². The quantitative estimate of drug-likeness (QED) is 0.0955. The highest BCUT2D eigenvalue weighted by molar-refractivity contribution is 6.76. The molecule has 2 N–H and O–H groups in total. The second-order valence-electron chi connectivity index (χ2n) is 12.8. The average molecular weight is 717 g/mol. The van der Waals surface area contributed by atoms with Gasteiger partial charge < -0.3 is 19.7 Å². The molecule has 4 aromatic rings. The van der Waals surface area contributed by atoms with Gasteiger partial charge in [0.05, 0.1) is 34.9 Å². The lowest BCUT2D eigenvalue weighted by Crippen LogP contribution is -2.34. The Morgan fingerprint density at radius 3 is 2.33 bits per heavy atom. The molecule has 0 saturated carbocycles. The normalized spacial score (nSPS) is 13.9. The van der Waals surface area contributed by atoms with Crippen LogP contribution in [0.15, 0.2) is 52.6 Å². The van der Waals surface area contributed by atoms with Crippen molar-refractivity contribution < 1.29 is 40.6 Å². The molecule has 0 saturated heterocycles. The van der Waals surface area contributed by atoms with Gasteiger partial charge in [0.1, 0.15) is 30.9 Å². The number of rotatable bonds is 14. The van der Waals surface area contributed by atoms with E-state index in [9.17, 15) is 31.5 Å². The molecule has 0 aliphatic heterocycles. The van der Waals surface area contributed by atoms with E-state index in [1.54, 1.807) is 0 Å². The second-order valence-corrected chi connectivity index (χ2v) is 18.4. The first-order valence-electron chi connectivity index (χ1n) is 15.1. The first kappa shape index (κ1) is 37.7. The van der Waals surface area contributed by atoms with Crippen LogP contribution in [0.3, 0.4) is 0 Å². The largest absolute Gasteiger partial charge is 0.423 e. The lowest BCUT2D eigenvalue weighted by atomic mass is 10.1. The fourth-order valence-electron chi connectivity index (χ4n) is 4.86. The van der Waals surface area contributed by atoms with Crippen LogP contribution < -0.4 is 16.4 Å². The molecule has 49 heavy (non-hydrogen) atoms. The van der Waals surface area contributed by atoms with Crippen LogP contribution >= 0.6 is 0 Å². The molecule has 2 atom stereocenters. The Kier molecular flexibility index (Phi) is 11.3. The van der Waals surface area contributed by atoms with Crippen molar-refractivity contribution in [2.45, 2.75) is 76.6 Å². The molecule has 266 valence electrons. The Balaban J connectivity index is 1.46. The minimum absolute atomic E-state index is 0.128. The van der Waals surface area contributed by atoms with Gasteiger partial charge in [0.2, 0.25) is 0 Å². The maximum atomic E-state index is 15.2. The molecule has 18 heteroatoms. The lowest BCUT2D eigenvalue weighted by molar-refractivity contribution is -0.138. The number of benzene rings is 1. The van der Waals surface area contributed by atoms with Crippen molar-refractivity contribution in [3.05, 3.63) is 80.6 Å². The number of ether oxygens (including phenoxy) is 1. The van der Waals surface area contributed by atoms with Crippen molar-refractivity contribution >= 4 is 24.5 Å². The van der Waals surface area contributed by atoms with Crippen LogP contribution in [0.2, 0.25) is 25.7 Å². The Morgan fingerprint density at radius 2 is 1.71 bits per heavy atom. The predicted octanol–water partition coefficient (Wildman–Crippen LogP) is 5.80. The van der Waals surface area contributed by atoms with Gasteiger partial charge in [-0.15, -0.1) is 0 Å². The summed E-state index contributed by atoms with van der Waals surface area (Å²) in [5, 5.41) is 15.2. The van der Waals surface area contributed by atoms with E-state index in [4.69, 9.17) is 9.84 Å². The van der Waals surface area contributed by atoms with Gasteiger partial charge in [-0.1, -0.05) is 19.6 Å². The first-order valence-corrected chi connectivity index (χ1v) is 18.8. The zero-order valence-electron chi connectivity index (χ0n) is 27.0. The van der Waals surface area contributed by atoms with E-state index in [0.29, 0.717) is 4.68 Å². The van der Waals surface area contributed by atoms with Gasteiger partial charge in [-0.05, 0) is 36.6 Å². The summed E-state index contributed by atoms with van der Waals surface area (Å²) < 4.78 is 106. The molecule has 4 rings (SSSR count). The van der Waals surface area contributed by atoms with E-state index in [1.165, 1.54) is 25.3 Å². The third kappa shape index (κ3) is 9.30. The number of anilines is 1. The number of aliphatic hydroxyl groups is 1. The van der Waals surface area contributed by atoms with Crippen molar-refractivity contribution in [1.82, 2.24) is 24.3 Å². The minimum atomic E-state index is -5.05. The third-order valence-corrected chi connectivity index (χ3v) is 9.23. The summed E-state index contributed by atoms with van der Waals surface area (Å²) >= 11 is 0. The second kappa shape index (κ2) is 14.8. The van der Waals surface area contributed by atoms with Crippen molar-refractivity contribution in [3.8, 4) is 11.4 Å². The summed E-state index contributed by atoms with van der Waals surface area (Å²) in [6, 6.07) is 3.30. The smallest absolute Gasteiger partial charge is 0.390 e. The maximum absolute atomic E-state index is 15.2. The molecule has 0 radical (unpaired) electrons. The summed E-state index contributed by atoms with van der Waals surface area (Å²) in [7, 11) is -1.47. The van der Waals surface area contributed by atoms with Crippen molar-refractivity contribution in [1.29, 1.82) is 0 Å². The summed E-state index contributed by atoms with van der Waals surface area (Å²) in [4.78, 5) is 33.3. The molecule has 0 aliphatic rings. The number of aliphatic hydroxyl groups excluding tert-OH is 1. The van der Waals surface area contributed by atoms with Crippen LogP contribution in [-0.2, 0) is 30.1 Å². The highest BCUT2D eigenvalue weighted by Gasteiger charge is 2.39. The zero-order valence-corrected chi connectivity index (χ0v) is 28.0. The summed E-state index contributed by atoms with van der Waals surface area (Å²) in [5.74, 6) is -4.80. The number of hydrogen-bond donors (Lipinski definition) is 2. The van der Waals surface area contributed by atoms with Gasteiger partial charge in [0.25, 0.3) is 17.0 Å². The Labute approximate surface area is 276 Å². The van der Waals surface area contributed by atoms with Gasteiger partial charge in [0.15, 0.2) is 5.82 Å². The number of aromatic nitrogens is 5. The molecule has 0 fully saturated rings. The SMILES string of the molecule is C[C@@H](C[C@@H](F)Cn1ccc2cc(-c3ncc(C(F)(F)CO)cn3)c(F)cc2c1=O)Nc1cnn(COCC[Si](C)(C)C)c(=O)c1C(F)(F)F. The van der Waals surface area contributed by atoms with Crippen LogP contribution in [0.4, 0.5) is 36.4 Å². The standard InChI is InChI=1S/C31H35F7N6O4Si/c1-18(42-25-14-41-44(17-48-7-8-49(2,3)4)29(47)26(25)31(36,37)38)9-21(32)15-43-6-5-19-10-23(24(33)11-22(19)28(43)46)27-39-12-20(13-40-27)30(34,35)16-45/h5-6,10-14,18,21,42,45H,7-9,15-17H2,1-4H3/t18-,21+/m0/s1. The van der Waals surface area contributed by atoms with Crippen molar-refractivity contribution in [2.24, 2.45) is 0 Å². The lowest BCUT2D eigenvalue weighted by Gasteiger charge is -2.21. The molecule has 3 aromatic heterocycles. The fraction of sp³-hybridized carbons (Fsp3) is 0.452. The number of nitrogens with zero attached hydrogens (tertiary/aromatic N) is 5. The highest BCUT2D eigenvalue weighted by Crippen LogP contribution is 2.32. The van der Waals surface area contributed by atoms with E-state index in [1.807, 2.05) is 0 Å². The predicted molar refractivity (Wildman–Crippen MR) is 170 cm³/mol. The van der Waals surface area contributed by atoms with E-state index in [2.05, 4.69) is 40.0 Å². The molecular weight excluding hydrogens is 681 g/mol. The highest BCUT2D eigenvalue weighted by atomic mass is 28.3. The summed E-state index contributed by atoms with van der Waals surface area (Å²) in [5.41, 5.74) is -5.18. The monoisotopic (exact) mass is 716 g/mol. The van der Waals surface area contributed by atoms with Crippen LogP contribution in [0, 0.1) is 5.82 Å². The number of halogens is 7. The fourth-order valence-corrected chi connectivity index (χ4v) is 5.61. The molecule has 1 aromatic carbocycles. The van der Waals surface area contributed by atoms with Gasteiger partial charge in [-0.3, -0.25) is 9.59 Å². The van der Waals surface area contributed by atoms with E-state index < -0.39 is 86.0 Å². The Hall–Kier alpha value is -4.16. The molecule has 0 aliphatic carbocycles. The van der Waals surface area contributed by atoms with Crippen molar-refractivity contribution in [3.63, 3.8) is 0 Å². The van der Waals surface area contributed by atoms with E-state index in [0.717, 1.165) is 35.3 Å². The molecule has 0 spiro atoms. The molecular formula is C31H35F7N6O4Si. The van der Waals surface area contributed by atoms with Crippen LogP contribution in [-0.4, -0.2) is 62.9 Å². The van der Waals surface area contributed by atoms with Gasteiger partial charge >= 0.3 is 6.18 Å². The molecule has 0 unspecified atom stereocenters. The van der Waals surface area contributed by atoms with Gasteiger partial charge in [-0.2, -0.15) is 27.1 Å². The van der Waals surface area contributed by atoms with E-state index in [-0.39, 0.29) is 35.2 Å². The number of alkyl halides is 6. The topological polar surface area (TPSA) is 124 Å². The maximum Gasteiger partial charge on any atom is 0.423 e. The van der Waals surface area contributed by atoms with Crippen LogP contribution in [0.1, 0.15) is 24.5 Å². The number of fused-ring (bicyclic) bond motifs is 1. The average Bonchev–Trinajstić information content (AvgIpc) is 3.00. The number of nitrogens with one attached hydrogen (secondary N) is 1. The Bertz CT molecular complexity index is 1900. The summed E-state index contributed by atoms with van der Waals surface area (Å²) in [6.07, 6.45) is -3.60. The number of pyridine rings is 1. The molecule has 10 nitrogen and oxygen atoms in total. The molecule has 0 bridgehead atoms. The Morgan fingerprint density at radius 1 is 1.04 bits per heavy atom. The van der Waals surface area contributed by atoms with Crippen LogP contribution in [0.25, 0.3) is 22.2 Å². The van der Waals surface area contributed by atoms with Crippen molar-refractivity contribution in [2.75, 3.05) is 18.5 Å². The summed E-state index contributed by atoms with van der Waals surface area (Å²) in [6.45, 7) is 5.50. The molecule has 0 amide bonds. The first-order chi connectivity index (χ1) is 22.8. The zero-order chi connectivity index (χ0) is 36.3. The third-order valence-electron chi connectivity index (χ3n) is 7.52.